The van der Waals surface area contributed by atoms with Crippen LogP contribution < -0.4 is 5.32 Å². The zero-order valence-corrected chi connectivity index (χ0v) is 8.76. The van der Waals surface area contributed by atoms with Crippen molar-refractivity contribution in [3.8, 4) is 0 Å². The molecule has 4 heteroatoms. The highest BCUT2D eigenvalue weighted by atomic mass is 35.5. The summed E-state index contributed by atoms with van der Waals surface area (Å²) >= 11 is 5.99. The van der Waals surface area contributed by atoms with Crippen LogP contribution in [0, 0.1) is 6.92 Å². The van der Waals surface area contributed by atoms with Crippen molar-refractivity contribution in [3.63, 3.8) is 0 Å². The second-order valence-electron chi connectivity index (χ2n) is 3.36. The molecule has 2 rings (SSSR count). The highest BCUT2D eigenvalue weighted by Gasteiger charge is 2.23. The van der Waals surface area contributed by atoms with Crippen molar-refractivity contribution in [3.05, 3.63) is 40.4 Å². The number of imide groups is 1. The first-order chi connectivity index (χ1) is 7.08. The van der Waals surface area contributed by atoms with Crippen LogP contribution >= 0.6 is 11.6 Å². The average Bonchev–Trinajstić information content (AvgIpc) is 2.45. The Balaban J connectivity index is 2.51. The van der Waals surface area contributed by atoms with Crippen LogP contribution in [0.15, 0.2) is 24.3 Å². The Kier molecular flexibility index (Phi) is 2.32. The maximum atomic E-state index is 11.4. The Morgan fingerprint density at radius 1 is 1.27 bits per heavy atom. The second kappa shape index (κ2) is 3.51. The van der Waals surface area contributed by atoms with Crippen LogP contribution in [0.5, 0.6) is 0 Å². The van der Waals surface area contributed by atoms with Gasteiger partial charge in [0.2, 0.25) is 0 Å². The first-order valence-corrected chi connectivity index (χ1v) is 4.79. The first kappa shape index (κ1) is 9.93. The van der Waals surface area contributed by atoms with Gasteiger partial charge in [0.25, 0.3) is 11.8 Å². The van der Waals surface area contributed by atoms with Gasteiger partial charge in [-0.3, -0.25) is 14.9 Å². The standard InChI is InChI=1S/C11H8ClNO2/c1-6-2-3-7(9(12)4-6)8-5-10(14)13-11(8)15/h2-5H,1H3,(H,13,14,15). The summed E-state index contributed by atoms with van der Waals surface area (Å²) in [7, 11) is 0. The molecule has 0 radical (unpaired) electrons. The van der Waals surface area contributed by atoms with Crippen LogP contribution in [0.25, 0.3) is 5.57 Å². The molecular formula is C11H8ClNO2. The number of carbonyl (C=O) groups is 2. The Morgan fingerprint density at radius 2 is 2.00 bits per heavy atom. The van der Waals surface area contributed by atoms with Crippen LogP contribution in [0.3, 0.4) is 0 Å². The van der Waals surface area contributed by atoms with Crippen molar-refractivity contribution in [1.82, 2.24) is 5.32 Å². The lowest BCUT2D eigenvalue weighted by Gasteiger charge is -2.03. The highest BCUT2D eigenvalue weighted by Crippen LogP contribution is 2.26. The van der Waals surface area contributed by atoms with E-state index in [9.17, 15) is 9.59 Å². The van der Waals surface area contributed by atoms with Gasteiger partial charge in [0.15, 0.2) is 0 Å². The maximum Gasteiger partial charge on any atom is 0.258 e. The Morgan fingerprint density at radius 3 is 2.53 bits per heavy atom. The molecule has 0 spiro atoms. The molecule has 1 aromatic rings. The molecule has 1 aromatic carbocycles. The van der Waals surface area contributed by atoms with E-state index in [0.29, 0.717) is 16.2 Å². The number of rotatable bonds is 1. The van der Waals surface area contributed by atoms with Gasteiger partial charge >= 0.3 is 0 Å². The summed E-state index contributed by atoms with van der Waals surface area (Å²) in [6.45, 7) is 1.91. The van der Waals surface area contributed by atoms with Gasteiger partial charge in [-0.2, -0.15) is 0 Å². The molecule has 0 saturated heterocycles. The predicted octanol–water partition coefficient (Wildman–Crippen LogP) is 1.69. The third kappa shape index (κ3) is 1.78. The third-order valence-electron chi connectivity index (χ3n) is 2.17. The van der Waals surface area contributed by atoms with Crippen molar-refractivity contribution < 1.29 is 9.59 Å². The molecule has 0 bridgehead atoms. The summed E-state index contributed by atoms with van der Waals surface area (Å²) in [4.78, 5) is 22.3. The molecule has 0 fully saturated rings. The third-order valence-corrected chi connectivity index (χ3v) is 2.48. The summed E-state index contributed by atoms with van der Waals surface area (Å²) in [5.41, 5.74) is 1.92. The van der Waals surface area contributed by atoms with Gasteiger partial charge in [0, 0.05) is 16.7 Å². The molecule has 1 aliphatic rings. The average molecular weight is 222 g/mol. The number of halogens is 1. The number of aryl methyl sites for hydroxylation is 1. The maximum absolute atomic E-state index is 11.4. The summed E-state index contributed by atoms with van der Waals surface area (Å²) in [6.07, 6.45) is 1.26. The van der Waals surface area contributed by atoms with Gasteiger partial charge in [-0.05, 0) is 18.6 Å². The minimum atomic E-state index is -0.397. The molecule has 0 aromatic heterocycles. The molecule has 0 aliphatic carbocycles. The molecule has 2 amide bonds. The van der Waals surface area contributed by atoms with Crippen LogP contribution in [0.2, 0.25) is 5.02 Å². The summed E-state index contributed by atoms with van der Waals surface area (Å²) in [5, 5.41) is 2.66. The second-order valence-corrected chi connectivity index (χ2v) is 3.77. The summed E-state index contributed by atoms with van der Waals surface area (Å²) in [5.74, 6) is -0.794. The normalized spacial score (nSPS) is 15.2. The molecule has 1 heterocycles. The van der Waals surface area contributed by atoms with Crippen molar-refractivity contribution in [2.75, 3.05) is 0 Å². The minimum Gasteiger partial charge on any atom is -0.289 e. The molecule has 15 heavy (non-hydrogen) atoms. The molecule has 76 valence electrons. The van der Waals surface area contributed by atoms with Gasteiger partial charge in [-0.25, -0.2) is 0 Å². The van der Waals surface area contributed by atoms with E-state index in [-0.39, 0.29) is 0 Å². The number of benzene rings is 1. The topological polar surface area (TPSA) is 46.2 Å². The summed E-state index contributed by atoms with van der Waals surface area (Å²) in [6, 6.07) is 5.34. The van der Waals surface area contributed by atoms with Gasteiger partial charge in [-0.15, -0.1) is 0 Å². The molecule has 0 saturated carbocycles. The van der Waals surface area contributed by atoms with Crippen molar-refractivity contribution >= 4 is 29.0 Å². The fourth-order valence-electron chi connectivity index (χ4n) is 1.45. The van der Waals surface area contributed by atoms with Crippen LogP contribution in [0.1, 0.15) is 11.1 Å². The largest absolute Gasteiger partial charge is 0.289 e. The fraction of sp³-hybridized carbons (Fsp3) is 0.0909. The number of hydrogen-bond acceptors (Lipinski definition) is 2. The highest BCUT2D eigenvalue weighted by molar-refractivity contribution is 6.39. The van der Waals surface area contributed by atoms with E-state index < -0.39 is 11.8 Å². The molecule has 1 aliphatic heterocycles. The Hall–Kier alpha value is -1.61. The van der Waals surface area contributed by atoms with E-state index in [1.807, 2.05) is 13.0 Å². The zero-order valence-electron chi connectivity index (χ0n) is 8.00. The SMILES string of the molecule is Cc1ccc(C2=CC(=O)NC2=O)c(Cl)c1. The predicted molar refractivity (Wildman–Crippen MR) is 57.3 cm³/mol. The molecule has 0 unspecified atom stereocenters. The van der Waals surface area contributed by atoms with E-state index in [4.69, 9.17) is 11.6 Å². The molecule has 1 N–H and O–H groups in total. The number of hydrogen-bond donors (Lipinski definition) is 1. The lowest BCUT2D eigenvalue weighted by molar-refractivity contribution is -0.123. The minimum absolute atomic E-state index is 0.324. The molecular weight excluding hydrogens is 214 g/mol. The van der Waals surface area contributed by atoms with E-state index >= 15 is 0 Å². The van der Waals surface area contributed by atoms with E-state index in [2.05, 4.69) is 5.32 Å². The lowest BCUT2D eigenvalue weighted by Crippen LogP contribution is -2.21. The number of carbonyl (C=O) groups excluding carboxylic acids is 2. The number of nitrogens with one attached hydrogen (secondary N) is 1. The smallest absolute Gasteiger partial charge is 0.258 e. The first-order valence-electron chi connectivity index (χ1n) is 4.41. The Labute approximate surface area is 91.7 Å². The molecule has 3 nitrogen and oxygen atoms in total. The quantitative estimate of drug-likeness (QED) is 0.734. The van der Waals surface area contributed by atoms with Crippen molar-refractivity contribution in [2.45, 2.75) is 6.92 Å². The molecule has 0 atom stereocenters. The zero-order chi connectivity index (χ0) is 11.0. The van der Waals surface area contributed by atoms with E-state index in [1.54, 1.807) is 12.1 Å². The van der Waals surface area contributed by atoms with E-state index in [0.717, 1.165) is 5.56 Å². The monoisotopic (exact) mass is 221 g/mol. The lowest BCUT2D eigenvalue weighted by atomic mass is 10.0. The Bertz CT molecular complexity index is 491. The van der Waals surface area contributed by atoms with Gasteiger partial charge in [-0.1, -0.05) is 23.7 Å². The van der Waals surface area contributed by atoms with Crippen LogP contribution in [0.4, 0.5) is 0 Å². The van der Waals surface area contributed by atoms with E-state index in [1.165, 1.54) is 6.08 Å². The van der Waals surface area contributed by atoms with Gasteiger partial charge in [0.05, 0.1) is 5.57 Å². The van der Waals surface area contributed by atoms with Crippen molar-refractivity contribution in [1.29, 1.82) is 0 Å². The van der Waals surface area contributed by atoms with Crippen molar-refractivity contribution in [2.24, 2.45) is 0 Å². The number of amides is 2. The fourth-order valence-corrected chi connectivity index (χ4v) is 1.79. The summed E-state index contributed by atoms with van der Waals surface area (Å²) < 4.78 is 0. The van der Waals surface area contributed by atoms with Crippen LogP contribution in [-0.4, -0.2) is 11.8 Å². The van der Waals surface area contributed by atoms with Gasteiger partial charge < -0.3 is 0 Å². The van der Waals surface area contributed by atoms with Gasteiger partial charge in [0.1, 0.15) is 0 Å². The van der Waals surface area contributed by atoms with Crippen LogP contribution in [-0.2, 0) is 9.59 Å².